The lowest BCUT2D eigenvalue weighted by Gasteiger charge is -2.24. The third kappa shape index (κ3) is 5.73. The molecule has 1 atom stereocenters. The number of aromatic nitrogens is 1. The summed E-state index contributed by atoms with van der Waals surface area (Å²) in [6.07, 6.45) is 1.82. The summed E-state index contributed by atoms with van der Waals surface area (Å²) in [6.45, 7) is 4.15. The van der Waals surface area contributed by atoms with Crippen molar-refractivity contribution in [1.82, 2.24) is 4.57 Å². The first-order valence-electron chi connectivity index (χ1n) is 12.7. The Balaban J connectivity index is 1.49. The van der Waals surface area contributed by atoms with Crippen LogP contribution in [0.2, 0.25) is 5.02 Å². The Kier molecular flexibility index (Phi) is 8.19. The van der Waals surface area contributed by atoms with Crippen LogP contribution in [0.3, 0.4) is 0 Å². The molecule has 9 heteroatoms. The monoisotopic (exact) mass is 574 g/mol. The molecule has 2 heterocycles. The first-order valence-corrected chi connectivity index (χ1v) is 13.9. The number of thiazole rings is 1. The number of ether oxygens (including phenoxy) is 3. The van der Waals surface area contributed by atoms with Crippen molar-refractivity contribution in [3.63, 3.8) is 0 Å². The van der Waals surface area contributed by atoms with Crippen LogP contribution in [0.25, 0.3) is 6.08 Å². The molecular weight excluding hydrogens is 548 g/mol. The van der Waals surface area contributed by atoms with Gasteiger partial charge in [0, 0.05) is 5.02 Å². The predicted octanol–water partition coefficient (Wildman–Crippen LogP) is 5.04. The van der Waals surface area contributed by atoms with Gasteiger partial charge in [-0.2, -0.15) is 0 Å². The van der Waals surface area contributed by atoms with Gasteiger partial charge in [-0.05, 0) is 73.0 Å². The van der Waals surface area contributed by atoms with Crippen molar-refractivity contribution in [3.05, 3.63) is 125 Å². The molecule has 0 fully saturated rings. The van der Waals surface area contributed by atoms with Gasteiger partial charge in [0.1, 0.15) is 18.1 Å². The maximum absolute atomic E-state index is 13.8. The molecule has 1 aromatic heterocycles. The van der Waals surface area contributed by atoms with E-state index in [-0.39, 0.29) is 12.2 Å². The van der Waals surface area contributed by atoms with Gasteiger partial charge in [-0.3, -0.25) is 9.36 Å². The highest BCUT2D eigenvalue weighted by Crippen LogP contribution is 2.31. The molecule has 0 bridgehead atoms. The molecule has 0 saturated heterocycles. The summed E-state index contributed by atoms with van der Waals surface area (Å²) in [6, 6.07) is 21.6. The molecule has 3 aromatic carbocycles. The van der Waals surface area contributed by atoms with Gasteiger partial charge in [0.05, 0.1) is 35.6 Å². The number of fused-ring (bicyclic) bond motifs is 1. The van der Waals surface area contributed by atoms with Gasteiger partial charge in [0.25, 0.3) is 5.56 Å². The number of benzene rings is 3. The fourth-order valence-electron chi connectivity index (χ4n) is 4.45. The molecule has 1 aliphatic rings. The molecule has 5 rings (SSSR count). The largest absolute Gasteiger partial charge is 0.497 e. The number of hydrogen-bond donors (Lipinski definition) is 0. The molecule has 1 aliphatic heterocycles. The van der Waals surface area contributed by atoms with Crippen LogP contribution in [0.1, 0.15) is 36.6 Å². The first kappa shape index (κ1) is 27.4. The van der Waals surface area contributed by atoms with Gasteiger partial charge < -0.3 is 14.2 Å². The second kappa shape index (κ2) is 11.9. The van der Waals surface area contributed by atoms with Gasteiger partial charge in [-0.25, -0.2) is 9.79 Å². The number of hydrogen-bond acceptors (Lipinski definition) is 7. The Morgan fingerprint density at radius 3 is 2.35 bits per heavy atom. The van der Waals surface area contributed by atoms with Crippen LogP contribution in [-0.4, -0.2) is 24.3 Å². The van der Waals surface area contributed by atoms with Crippen LogP contribution in [0.4, 0.5) is 0 Å². The quantitative estimate of drug-likeness (QED) is 0.276. The molecule has 0 amide bonds. The zero-order valence-electron chi connectivity index (χ0n) is 22.2. The summed E-state index contributed by atoms with van der Waals surface area (Å²) in [5, 5.41) is 0.681. The highest BCUT2D eigenvalue weighted by Gasteiger charge is 2.33. The van der Waals surface area contributed by atoms with E-state index in [2.05, 4.69) is 4.99 Å². The number of halogens is 1. The molecule has 40 heavy (non-hydrogen) atoms. The van der Waals surface area contributed by atoms with Gasteiger partial charge in [0.15, 0.2) is 4.80 Å². The van der Waals surface area contributed by atoms with Crippen molar-refractivity contribution in [1.29, 1.82) is 0 Å². The van der Waals surface area contributed by atoms with E-state index in [9.17, 15) is 9.59 Å². The molecule has 0 unspecified atom stereocenters. The SMILES string of the molecule is CCOC(=O)C1=C(C)N=c2s/c(=C/c3ccc(OCc4ccc(Cl)cc4)cc3)c(=O)n2[C@@H]1c1ccc(OC)cc1. The Labute approximate surface area is 240 Å². The van der Waals surface area contributed by atoms with Crippen LogP contribution in [-0.2, 0) is 16.1 Å². The second-order valence-corrected chi connectivity index (χ2v) is 10.5. The standard InChI is InChI=1S/C31H27ClN2O5S/c1-4-38-30(36)27-19(2)33-31-34(28(27)22-9-15-24(37-3)16-10-22)29(35)26(40-31)17-20-7-13-25(14-8-20)39-18-21-5-11-23(32)12-6-21/h5-17,28H,4,18H2,1-3H3/b26-17+/t28-/m1/s1. The third-order valence-corrected chi connectivity index (χ3v) is 7.68. The number of methoxy groups -OCH3 is 1. The van der Waals surface area contributed by atoms with Gasteiger partial charge in [-0.15, -0.1) is 0 Å². The van der Waals surface area contributed by atoms with E-state index in [4.69, 9.17) is 25.8 Å². The maximum Gasteiger partial charge on any atom is 0.338 e. The van der Waals surface area contributed by atoms with Crippen molar-refractivity contribution >= 4 is 35.0 Å². The summed E-state index contributed by atoms with van der Waals surface area (Å²) in [4.78, 5) is 31.9. The number of allylic oxidation sites excluding steroid dienone is 1. The zero-order valence-corrected chi connectivity index (χ0v) is 23.8. The Bertz CT molecular complexity index is 1740. The molecular formula is C31H27ClN2O5S. The zero-order chi connectivity index (χ0) is 28.2. The van der Waals surface area contributed by atoms with E-state index in [1.807, 2.05) is 66.7 Å². The summed E-state index contributed by atoms with van der Waals surface area (Å²) < 4.78 is 18.6. The average Bonchev–Trinajstić information content (AvgIpc) is 3.26. The van der Waals surface area contributed by atoms with E-state index in [0.717, 1.165) is 16.7 Å². The lowest BCUT2D eigenvalue weighted by atomic mass is 9.96. The summed E-state index contributed by atoms with van der Waals surface area (Å²) in [5.41, 5.74) is 3.24. The van der Waals surface area contributed by atoms with Crippen molar-refractivity contribution in [3.8, 4) is 11.5 Å². The fourth-order valence-corrected chi connectivity index (χ4v) is 5.62. The van der Waals surface area contributed by atoms with Crippen LogP contribution in [0.15, 0.2) is 93.9 Å². The Hall–Kier alpha value is -4.14. The van der Waals surface area contributed by atoms with E-state index < -0.39 is 12.0 Å². The minimum Gasteiger partial charge on any atom is -0.497 e. The van der Waals surface area contributed by atoms with Crippen molar-refractivity contribution < 1.29 is 19.0 Å². The highest BCUT2D eigenvalue weighted by molar-refractivity contribution is 7.07. The van der Waals surface area contributed by atoms with E-state index in [1.165, 1.54) is 11.3 Å². The number of rotatable bonds is 8. The van der Waals surface area contributed by atoms with Gasteiger partial charge >= 0.3 is 5.97 Å². The number of carbonyl (C=O) groups is 1. The molecule has 4 aromatic rings. The molecule has 0 aliphatic carbocycles. The van der Waals surface area contributed by atoms with Crippen LogP contribution < -0.4 is 24.4 Å². The first-order chi connectivity index (χ1) is 19.4. The third-order valence-electron chi connectivity index (χ3n) is 6.45. The highest BCUT2D eigenvalue weighted by atomic mass is 35.5. The van der Waals surface area contributed by atoms with E-state index >= 15 is 0 Å². The van der Waals surface area contributed by atoms with Crippen LogP contribution >= 0.6 is 22.9 Å². The van der Waals surface area contributed by atoms with Crippen molar-refractivity contribution in [2.24, 2.45) is 4.99 Å². The smallest absolute Gasteiger partial charge is 0.338 e. The second-order valence-electron chi connectivity index (χ2n) is 9.06. The van der Waals surface area contributed by atoms with Gasteiger partial charge in [0.2, 0.25) is 0 Å². The molecule has 204 valence electrons. The van der Waals surface area contributed by atoms with Gasteiger partial charge in [-0.1, -0.05) is 59.3 Å². The summed E-state index contributed by atoms with van der Waals surface area (Å²) in [7, 11) is 1.59. The minimum absolute atomic E-state index is 0.217. The normalized spacial score (nSPS) is 14.9. The molecule has 7 nitrogen and oxygen atoms in total. The lowest BCUT2D eigenvalue weighted by molar-refractivity contribution is -0.139. The number of esters is 1. The Morgan fingerprint density at radius 1 is 1.02 bits per heavy atom. The van der Waals surface area contributed by atoms with Crippen LogP contribution in [0.5, 0.6) is 11.5 Å². The predicted molar refractivity (Wildman–Crippen MR) is 156 cm³/mol. The van der Waals surface area contributed by atoms with Crippen molar-refractivity contribution in [2.45, 2.75) is 26.5 Å². The minimum atomic E-state index is -0.674. The molecule has 0 saturated carbocycles. The fraction of sp³-hybridized carbons (Fsp3) is 0.194. The van der Waals surface area contributed by atoms with Crippen LogP contribution in [0, 0.1) is 0 Å². The number of nitrogens with zero attached hydrogens (tertiary/aromatic N) is 2. The molecule has 0 radical (unpaired) electrons. The topological polar surface area (TPSA) is 79.1 Å². The van der Waals surface area contributed by atoms with Crippen molar-refractivity contribution in [2.75, 3.05) is 13.7 Å². The molecule has 0 N–H and O–H groups in total. The lowest BCUT2D eigenvalue weighted by Crippen LogP contribution is -2.39. The summed E-state index contributed by atoms with van der Waals surface area (Å²) >= 11 is 7.23. The Morgan fingerprint density at radius 2 is 1.70 bits per heavy atom. The average molecular weight is 575 g/mol. The van der Waals surface area contributed by atoms with E-state index in [0.29, 0.717) is 43.7 Å². The van der Waals surface area contributed by atoms with E-state index in [1.54, 1.807) is 37.7 Å². The maximum atomic E-state index is 13.8. The molecule has 0 spiro atoms. The number of carbonyl (C=O) groups excluding carboxylic acids is 1. The summed E-state index contributed by atoms with van der Waals surface area (Å²) in [5.74, 6) is 0.894.